The lowest BCUT2D eigenvalue weighted by atomic mass is 10.1. The van der Waals surface area contributed by atoms with Crippen LogP contribution in [0.3, 0.4) is 0 Å². The Bertz CT molecular complexity index is 355. The first kappa shape index (κ1) is 13.3. The molecule has 1 heterocycles. The lowest BCUT2D eigenvalue weighted by molar-refractivity contribution is -0.945. The Hall–Kier alpha value is -0.130. The molecule has 0 spiro atoms. The van der Waals surface area contributed by atoms with Crippen LogP contribution in [0.4, 0.5) is 0 Å². The number of aliphatic hydroxyl groups excluding tert-OH is 1. The molecule has 0 radical (unpaired) electrons. The zero-order valence-corrected chi connectivity index (χ0v) is 12.4. The second-order valence-corrected chi connectivity index (χ2v) is 6.21. The predicted molar refractivity (Wildman–Crippen MR) is 78.7 cm³/mol. The number of likely N-dealkylation sites (tertiary alicyclic amines) is 1. The molecule has 1 fully saturated rings. The zero-order valence-electron chi connectivity index (χ0n) is 10.2. The molecule has 1 aliphatic rings. The summed E-state index contributed by atoms with van der Waals surface area (Å²) >= 11 is 2.42. The highest BCUT2D eigenvalue weighted by molar-refractivity contribution is 14.1. The van der Waals surface area contributed by atoms with E-state index in [9.17, 15) is 5.11 Å². The van der Waals surface area contributed by atoms with Crippen LogP contribution in [-0.4, -0.2) is 35.8 Å². The van der Waals surface area contributed by atoms with E-state index >= 15 is 0 Å². The summed E-state index contributed by atoms with van der Waals surface area (Å²) in [5.41, 5.74) is 1.43. The van der Waals surface area contributed by atoms with Crippen molar-refractivity contribution in [1.29, 1.82) is 0 Å². The molecule has 2 nitrogen and oxygen atoms in total. The van der Waals surface area contributed by atoms with Gasteiger partial charge >= 0.3 is 0 Å². The first-order chi connectivity index (χ1) is 8.26. The fourth-order valence-corrected chi connectivity index (χ4v) is 3.40. The van der Waals surface area contributed by atoms with Gasteiger partial charge in [-0.15, -0.1) is 0 Å². The van der Waals surface area contributed by atoms with Gasteiger partial charge in [0.05, 0.1) is 19.7 Å². The standard InChI is InChI=1S/C14H21INO/c15-14-7-3-2-6-13(14)12-16(10-11-17)8-4-1-5-9-16/h2-3,6-7,17H,1,4-5,8-12H2/q+1. The van der Waals surface area contributed by atoms with E-state index < -0.39 is 0 Å². The van der Waals surface area contributed by atoms with Crippen LogP contribution >= 0.6 is 22.6 Å². The average Bonchev–Trinajstić information content (AvgIpc) is 2.34. The van der Waals surface area contributed by atoms with E-state index in [1.807, 2.05) is 0 Å². The number of nitrogens with zero attached hydrogens (tertiary/aromatic N) is 1. The summed E-state index contributed by atoms with van der Waals surface area (Å²) in [5.74, 6) is 0. The minimum absolute atomic E-state index is 0.309. The van der Waals surface area contributed by atoms with Crippen LogP contribution in [0, 0.1) is 3.57 Å². The molecule has 0 amide bonds. The highest BCUT2D eigenvalue weighted by atomic mass is 127. The van der Waals surface area contributed by atoms with E-state index in [1.54, 1.807) is 0 Å². The van der Waals surface area contributed by atoms with Crippen LogP contribution in [0.2, 0.25) is 0 Å². The van der Waals surface area contributed by atoms with E-state index in [1.165, 1.54) is 41.5 Å². The number of quaternary nitrogens is 1. The van der Waals surface area contributed by atoms with E-state index in [-0.39, 0.29) is 0 Å². The lowest BCUT2D eigenvalue weighted by Gasteiger charge is -2.41. The summed E-state index contributed by atoms with van der Waals surface area (Å²) in [5, 5.41) is 9.31. The molecule has 94 valence electrons. The number of rotatable bonds is 4. The smallest absolute Gasteiger partial charge is 0.105 e. The maximum atomic E-state index is 9.31. The van der Waals surface area contributed by atoms with Crippen LogP contribution in [0.15, 0.2) is 24.3 Å². The molecule has 17 heavy (non-hydrogen) atoms. The SMILES string of the molecule is OCC[N+]1(Cc2ccccc2I)CCCCC1. The van der Waals surface area contributed by atoms with Crippen molar-refractivity contribution in [3.05, 3.63) is 33.4 Å². The molecule has 1 N–H and O–H groups in total. The third kappa shape index (κ3) is 3.42. The maximum Gasteiger partial charge on any atom is 0.105 e. The molecule has 0 bridgehead atoms. The van der Waals surface area contributed by atoms with Crippen molar-refractivity contribution in [2.45, 2.75) is 25.8 Å². The van der Waals surface area contributed by atoms with E-state index in [0.29, 0.717) is 6.61 Å². The second-order valence-electron chi connectivity index (χ2n) is 5.05. The van der Waals surface area contributed by atoms with Gasteiger partial charge in [-0.3, -0.25) is 0 Å². The molecule has 1 saturated heterocycles. The van der Waals surface area contributed by atoms with Crippen molar-refractivity contribution in [2.75, 3.05) is 26.2 Å². The van der Waals surface area contributed by atoms with Crippen molar-refractivity contribution in [1.82, 2.24) is 0 Å². The number of benzene rings is 1. The predicted octanol–water partition coefficient (Wildman–Crippen LogP) is 2.78. The Kier molecular flexibility index (Phi) is 4.82. The molecule has 0 saturated carbocycles. The molecule has 1 aromatic carbocycles. The van der Waals surface area contributed by atoms with Gasteiger partial charge in [0, 0.05) is 9.13 Å². The minimum atomic E-state index is 0.309. The first-order valence-electron chi connectivity index (χ1n) is 6.45. The molecular formula is C14H21INO+. The van der Waals surface area contributed by atoms with Crippen molar-refractivity contribution >= 4 is 22.6 Å². The summed E-state index contributed by atoms with van der Waals surface area (Å²) in [6.45, 7) is 4.76. The number of piperidine rings is 1. The fraction of sp³-hybridized carbons (Fsp3) is 0.571. The molecule has 0 aliphatic carbocycles. The zero-order chi connectivity index (χ0) is 12.1. The summed E-state index contributed by atoms with van der Waals surface area (Å²) in [7, 11) is 0. The monoisotopic (exact) mass is 346 g/mol. The number of aliphatic hydroxyl groups is 1. The highest BCUT2D eigenvalue weighted by Gasteiger charge is 2.29. The third-order valence-corrected chi connectivity index (χ3v) is 4.86. The quantitative estimate of drug-likeness (QED) is 0.657. The van der Waals surface area contributed by atoms with E-state index in [4.69, 9.17) is 0 Å². The van der Waals surface area contributed by atoms with Gasteiger partial charge in [-0.05, 0) is 47.9 Å². The van der Waals surface area contributed by atoms with Gasteiger partial charge in [-0.25, -0.2) is 0 Å². The molecule has 1 aliphatic heterocycles. The summed E-state index contributed by atoms with van der Waals surface area (Å²) in [6.07, 6.45) is 3.98. The van der Waals surface area contributed by atoms with Crippen LogP contribution in [0.1, 0.15) is 24.8 Å². The van der Waals surface area contributed by atoms with Gasteiger partial charge in [0.1, 0.15) is 13.1 Å². The fourth-order valence-electron chi connectivity index (χ4n) is 2.84. The summed E-state index contributed by atoms with van der Waals surface area (Å²) in [6, 6.07) is 8.62. The van der Waals surface area contributed by atoms with E-state index in [0.717, 1.165) is 17.6 Å². The van der Waals surface area contributed by atoms with Gasteiger partial charge in [-0.1, -0.05) is 18.2 Å². The van der Waals surface area contributed by atoms with E-state index in [2.05, 4.69) is 46.9 Å². The molecule has 3 heteroatoms. The molecule has 0 atom stereocenters. The highest BCUT2D eigenvalue weighted by Crippen LogP contribution is 2.24. The van der Waals surface area contributed by atoms with Crippen molar-refractivity contribution in [2.24, 2.45) is 0 Å². The molecule has 0 unspecified atom stereocenters. The molecule has 2 rings (SSSR count). The van der Waals surface area contributed by atoms with Gasteiger partial charge in [0.25, 0.3) is 0 Å². The number of halogens is 1. The van der Waals surface area contributed by atoms with Crippen LogP contribution < -0.4 is 0 Å². The first-order valence-corrected chi connectivity index (χ1v) is 7.53. The summed E-state index contributed by atoms with van der Waals surface area (Å²) < 4.78 is 2.43. The molecule has 1 aromatic rings. The Labute approximate surface area is 117 Å². The number of hydrogen-bond donors (Lipinski definition) is 1. The molecular weight excluding hydrogens is 325 g/mol. The molecule has 0 aromatic heterocycles. The maximum absolute atomic E-state index is 9.31. The average molecular weight is 346 g/mol. The van der Waals surface area contributed by atoms with Crippen molar-refractivity contribution in [3.63, 3.8) is 0 Å². The summed E-state index contributed by atoms with van der Waals surface area (Å²) in [4.78, 5) is 0. The van der Waals surface area contributed by atoms with Crippen LogP contribution in [-0.2, 0) is 6.54 Å². The van der Waals surface area contributed by atoms with Crippen molar-refractivity contribution < 1.29 is 9.59 Å². The minimum Gasteiger partial charge on any atom is -0.391 e. The van der Waals surface area contributed by atoms with Crippen molar-refractivity contribution in [3.8, 4) is 0 Å². The Balaban J connectivity index is 2.14. The second kappa shape index (κ2) is 6.16. The normalized spacial score (nSPS) is 19.2. The largest absolute Gasteiger partial charge is 0.391 e. The van der Waals surface area contributed by atoms with Gasteiger partial charge in [0.15, 0.2) is 0 Å². The van der Waals surface area contributed by atoms with Crippen LogP contribution in [0.5, 0.6) is 0 Å². The van der Waals surface area contributed by atoms with Gasteiger partial charge in [-0.2, -0.15) is 0 Å². The Morgan fingerprint density at radius 3 is 2.47 bits per heavy atom. The Morgan fingerprint density at radius 1 is 1.12 bits per heavy atom. The van der Waals surface area contributed by atoms with Gasteiger partial charge < -0.3 is 9.59 Å². The van der Waals surface area contributed by atoms with Gasteiger partial charge in [0.2, 0.25) is 0 Å². The topological polar surface area (TPSA) is 20.2 Å². The lowest BCUT2D eigenvalue weighted by Crippen LogP contribution is -2.52. The van der Waals surface area contributed by atoms with Crippen LogP contribution in [0.25, 0.3) is 0 Å². The number of hydrogen-bond acceptors (Lipinski definition) is 1. The Morgan fingerprint density at radius 2 is 1.82 bits per heavy atom. The third-order valence-electron chi connectivity index (χ3n) is 3.80.